The number of aromatic nitrogens is 2. The molecule has 11 heteroatoms. The van der Waals surface area contributed by atoms with E-state index in [1.54, 1.807) is 11.3 Å². The van der Waals surface area contributed by atoms with Gasteiger partial charge in [0.2, 0.25) is 0 Å². The summed E-state index contributed by atoms with van der Waals surface area (Å²) < 4.78 is 26.2. The summed E-state index contributed by atoms with van der Waals surface area (Å²) in [4.78, 5) is 7.64. The van der Waals surface area contributed by atoms with Crippen LogP contribution in [0.4, 0.5) is 0 Å². The molecule has 0 saturated carbocycles. The van der Waals surface area contributed by atoms with Crippen LogP contribution in [0, 0.1) is 0 Å². The molecule has 6 aromatic rings. The van der Waals surface area contributed by atoms with Crippen molar-refractivity contribution in [3.63, 3.8) is 0 Å². The molecule has 0 saturated heterocycles. The molecule has 0 atom stereocenters. The molecule has 2 aliphatic rings. The molecular formula is C56H74Br2N2O2S5. The first kappa shape index (κ1) is 51.7. The topological polar surface area (TPSA) is 44.2 Å². The maximum atomic E-state index is 7.41. The lowest BCUT2D eigenvalue weighted by Crippen LogP contribution is -2.35. The van der Waals surface area contributed by atoms with Gasteiger partial charge < -0.3 is 9.47 Å². The number of unbranched alkanes of at least 4 members (excludes halogenated alkanes) is 24. The van der Waals surface area contributed by atoms with Gasteiger partial charge in [-0.1, -0.05) is 180 Å². The van der Waals surface area contributed by atoms with E-state index in [0.29, 0.717) is 0 Å². The summed E-state index contributed by atoms with van der Waals surface area (Å²) in [7, 11) is 0. The van der Waals surface area contributed by atoms with E-state index in [1.807, 2.05) is 34.0 Å². The number of thiophene rings is 4. The third kappa shape index (κ3) is 12.9. The largest absolute Gasteiger partial charge is 0.481 e. The van der Waals surface area contributed by atoms with E-state index in [-0.39, 0.29) is 5.60 Å². The average Bonchev–Trinajstić information content (AvgIpc) is 4.17. The van der Waals surface area contributed by atoms with Gasteiger partial charge in [0.1, 0.15) is 33.7 Å². The summed E-state index contributed by atoms with van der Waals surface area (Å²) in [5, 5.41) is 0. The van der Waals surface area contributed by atoms with E-state index in [1.165, 1.54) is 225 Å². The summed E-state index contributed by atoms with van der Waals surface area (Å²) in [5.74, 6) is 2.02. The van der Waals surface area contributed by atoms with Gasteiger partial charge in [-0.05, 0) is 83.5 Å². The third-order valence-corrected chi connectivity index (χ3v) is 20.8. The Balaban J connectivity index is 0.988. The Morgan fingerprint density at radius 2 is 0.821 bits per heavy atom. The van der Waals surface area contributed by atoms with E-state index in [2.05, 4.69) is 96.0 Å². The zero-order valence-electron chi connectivity index (χ0n) is 40.8. The Morgan fingerprint density at radius 1 is 0.448 bits per heavy atom. The lowest BCUT2D eigenvalue weighted by Gasteiger charge is -2.38. The van der Waals surface area contributed by atoms with Gasteiger partial charge in [0.25, 0.3) is 0 Å². The number of rotatable bonds is 30. The fourth-order valence-electron chi connectivity index (χ4n) is 10.5. The van der Waals surface area contributed by atoms with Crippen molar-refractivity contribution in [3.8, 4) is 51.9 Å². The zero-order chi connectivity index (χ0) is 46.6. The maximum absolute atomic E-state index is 7.41. The Kier molecular flexibility index (Phi) is 19.4. The molecule has 5 aromatic heterocycles. The lowest BCUT2D eigenvalue weighted by molar-refractivity contribution is 0.0397. The Bertz CT molecular complexity index is 2440. The summed E-state index contributed by atoms with van der Waals surface area (Å²) in [6.45, 7) is 8.97. The van der Waals surface area contributed by atoms with Crippen LogP contribution < -0.4 is 9.47 Å². The molecule has 364 valence electrons. The van der Waals surface area contributed by atoms with Crippen molar-refractivity contribution < 1.29 is 9.47 Å². The van der Waals surface area contributed by atoms with E-state index < -0.39 is 5.60 Å². The Hall–Kier alpha value is -1.60. The van der Waals surface area contributed by atoms with Crippen LogP contribution >= 0.6 is 88.9 Å². The minimum absolute atomic E-state index is 0.326. The average molecular weight is 1130 g/mol. The molecule has 2 aliphatic heterocycles. The van der Waals surface area contributed by atoms with Gasteiger partial charge in [-0.25, -0.2) is 0 Å². The molecule has 67 heavy (non-hydrogen) atoms. The van der Waals surface area contributed by atoms with Gasteiger partial charge >= 0.3 is 0 Å². The molecule has 8 rings (SSSR count). The van der Waals surface area contributed by atoms with Gasteiger partial charge in [0.15, 0.2) is 0 Å². The number of hydrogen-bond donors (Lipinski definition) is 0. The number of fused-ring (bicyclic) bond motifs is 7. The van der Waals surface area contributed by atoms with Crippen molar-refractivity contribution >= 4 is 100.0 Å². The quantitative estimate of drug-likeness (QED) is 0.0422. The number of benzene rings is 1. The number of hydrogen-bond acceptors (Lipinski definition) is 9. The van der Waals surface area contributed by atoms with Gasteiger partial charge in [0, 0.05) is 44.1 Å². The predicted molar refractivity (Wildman–Crippen MR) is 303 cm³/mol. The van der Waals surface area contributed by atoms with Crippen molar-refractivity contribution in [2.45, 2.75) is 219 Å². The van der Waals surface area contributed by atoms with Crippen LogP contribution in [0.15, 0.2) is 44.0 Å². The molecule has 0 unspecified atom stereocenters. The number of nitrogens with zero attached hydrogens (tertiary/aromatic N) is 2. The Morgan fingerprint density at radius 3 is 1.25 bits per heavy atom. The minimum Gasteiger partial charge on any atom is -0.481 e. The molecule has 0 fully saturated rings. The molecular weight excluding hydrogens is 1050 g/mol. The van der Waals surface area contributed by atoms with Crippen LogP contribution in [0.1, 0.15) is 219 Å². The first-order valence-electron chi connectivity index (χ1n) is 26.2. The number of ether oxygens (including phenoxy) is 2. The molecule has 0 N–H and O–H groups in total. The van der Waals surface area contributed by atoms with Gasteiger partial charge in [-0.3, -0.25) is 0 Å². The first-order chi connectivity index (χ1) is 32.7. The second kappa shape index (κ2) is 25.2. The first-order valence-corrected chi connectivity index (χ1v) is 31.8. The van der Waals surface area contributed by atoms with Crippen LogP contribution in [0.2, 0.25) is 0 Å². The maximum Gasteiger partial charge on any atom is 0.141 e. The van der Waals surface area contributed by atoms with Crippen molar-refractivity contribution in [3.05, 3.63) is 55.1 Å². The summed E-state index contributed by atoms with van der Waals surface area (Å²) >= 11 is 16.3. The van der Waals surface area contributed by atoms with Crippen molar-refractivity contribution in [2.75, 3.05) is 0 Å². The lowest BCUT2D eigenvalue weighted by atomic mass is 9.81. The molecule has 1 aromatic carbocycles. The molecule has 0 spiro atoms. The molecule has 4 nitrogen and oxygen atoms in total. The van der Waals surface area contributed by atoms with Crippen LogP contribution in [0.3, 0.4) is 0 Å². The van der Waals surface area contributed by atoms with Gasteiger partial charge in [-0.15, -0.1) is 45.3 Å². The van der Waals surface area contributed by atoms with E-state index in [0.717, 1.165) is 48.5 Å². The van der Waals surface area contributed by atoms with Crippen molar-refractivity contribution in [1.82, 2.24) is 8.75 Å². The highest BCUT2D eigenvalue weighted by Gasteiger charge is 2.43. The Labute approximate surface area is 440 Å². The van der Waals surface area contributed by atoms with Crippen LogP contribution in [-0.2, 0) is 11.2 Å². The van der Waals surface area contributed by atoms with Gasteiger partial charge in [0.05, 0.1) is 38.8 Å². The fourth-order valence-corrected chi connectivity index (χ4v) is 17.0. The van der Waals surface area contributed by atoms with Gasteiger partial charge in [-0.2, -0.15) is 8.75 Å². The molecule has 0 bridgehead atoms. The van der Waals surface area contributed by atoms with Crippen LogP contribution in [0.25, 0.3) is 51.4 Å². The summed E-state index contributed by atoms with van der Waals surface area (Å²) in [6, 6.07) is 13.8. The van der Waals surface area contributed by atoms with Crippen LogP contribution in [0.5, 0.6) is 11.5 Å². The second-order valence-corrected chi connectivity index (χ2v) is 27.5. The minimum atomic E-state index is -0.420. The highest BCUT2D eigenvalue weighted by molar-refractivity contribution is 9.11. The fraction of sp³-hybridized carbons (Fsp3) is 0.607. The molecule has 0 radical (unpaired) electrons. The SMILES string of the molecule is CCCCCCCCCCCCCCCC1(CCCCCCCCCCCCCCC)Oc2cc(Br)sc2-c2sc(-c3ccc(-c4cc5c(s4)-c4sc(Br)cc4OC5(C)C)c4nsnc34)cc21. The van der Waals surface area contributed by atoms with Crippen molar-refractivity contribution in [2.24, 2.45) is 0 Å². The third-order valence-electron chi connectivity index (χ3n) is 14.3. The molecule has 7 heterocycles. The summed E-state index contributed by atoms with van der Waals surface area (Å²) in [5.41, 5.74) is 6.20. The normalized spacial score (nSPS) is 14.5. The van der Waals surface area contributed by atoms with E-state index in [4.69, 9.17) is 18.2 Å². The highest BCUT2D eigenvalue weighted by atomic mass is 79.9. The smallest absolute Gasteiger partial charge is 0.141 e. The predicted octanol–water partition coefficient (Wildman–Crippen LogP) is 22.3. The van der Waals surface area contributed by atoms with Crippen LogP contribution in [-0.4, -0.2) is 8.75 Å². The molecule has 0 aliphatic carbocycles. The summed E-state index contributed by atoms with van der Waals surface area (Å²) in [6.07, 6.45) is 37.7. The zero-order valence-corrected chi connectivity index (χ0v) is 48.0. The van der Waals surface area contributed by atoms with E-state index in [9.17, 15) is 0 Å². The number of halogens is 2. The second-order valence-electron chi connectivity index (χ2n) is 20.0. The standard InChI is InChI=1S/C56H74Br2N2O2S5/c1-5-7-9-11-13-15-17-19-21-23-25-27-29-33-56(34-30-28-26-24-22-20-18-16-14-12-10-8-6-2)42-36-46(64-52(42)54-44(62-56)38-48(58)66-54)40-32-31-39(49-50(40)60-67-59-49)45-35-41-51(63-45)53-43(37-47(57)65-53)61-55(41,3)4/h31-32,35-38H,5-30,33-34H2,1-4H3. The van der Waals surface area contributed by atoms with E-state index >= 15 is 0 Å². The highest BCUT2D eigenvalue weighted by Crippen LogP contribution is 2.59. The molecule has 0 amide bonds. The monoisotopic (exact) mass is 1120 g/mol. The van der Waals surface area contributed by atoms with Crippen molar-refractivity contribution in [1.29, 1.82) is 0 Å².